The van der Waals surface area contributed by atoms with E-state index in [1.807, 2.05) is 6.92 Å². The molecule has 3 atom stereocenters. The molecule has 0 radical (unpaired) electrons. The molecule has 5 nitrogen and oxygen atoms in total. The Morgan fingerprint density at radius 1 is 1.19 bits per heavy atom. The van der Waals surface area contributed by atoms with Crippen LogP contribution in [0, 0.1) is 5.92 Å². The first kappa shape index (κ1) is 17.4. The van der Waals surface area contributed by atoms with Gasteiger partial charge >= 0.3 is 0 Å². The van der Waals surface area contributed by atoms with Crippen molar-refractivity contribution in [3.05, 3.63) is 58.1 Å². The molecule has 8 heteroatoms. The van der Waals surface area contributed by atoms with Crippen molar-refractivity contribution in [1.29, 1.82) is 0 Å². The number of carbonyl (C=O) groups is 1. The fraction of sp³-hybridized carbons (Fsp3) is 0.222. The third-order valence-electron chi connectivity index (χ3n) is 4.60. The average Bonchev–Trinajstić information content (AvgIpc) is 2.56. The van der Waals surface area contributed by atoms with Crippen molar-refractivity contribution in [3.63, 3.8) is 0 Å². The van der Waals surface area contributed by atoms with Crippen LogP contribution < -0.4 is 20.7 Å². The summed E-state index contributed by atoms with van der Waals surface area (Å²) in [7, 11) is 0. The van der Waals surface area contributed by atoms with Crippen molar-refractivity contribution >= 4 is 52.1 Å². The van der Waals surface area contributed by atoms with E-state index in [0.29, 0.717) is 26.6 Å². The molecule has 26 heavy (non-hydrogen) atoms. The highest BCUT2D eigenvalue weighted by atomic mass is 35.5. The summed E-state index contributed by atoms with van der Waals surface area (Å²) >= 11 is 17.4. The van der Waals surface area contributed by atoms with Crippen LogP contribution in [0.1, 0.15) is 18.5 Å². The van der Waals surface area contributed by atoms with Crippen LogP contribution in [0.5, 0.6) is 5.75 Å². The first-order valence-electron chi connectivity index (χ1n) is 7.99. The summed E-state index contributed by atoms with van der Waals surface area (Å²) in [4.78, 5) is 13.1. The van der Waals surface area contributed by atoms with E-state index in [0.717, 1.165) is 5.56 Å². The van der Waals surface area contributed by atoms with Crippen LogP contribution in [-0.2, 0) is 4.79 Å². The SMILES string of the molecule is C[C@@]12NC(=S)N[C@H](c3cc(Cl)ccc3O1)[C@@H]2C(=O)Nc1ccc(Cl)cc1. The fourth-order valence-electron chi connectivity index (χ4n) is 3.47. The number of fused-ring (bicyclic) bond motifs is 4. The second-order valence-electron chi connectivity index (χ2n) is 6.44. The van der Waals surface area contributed by atoms with Gasteiger partial charge in [0, 0.05) is 21.3 Å². The van der Waals surface area contributed by atoms with E-state index >= 15 is 0 Å². The Bertz CT molecular complexity index is 906. The normalized spacial score (nSPS) is 26.0. The van der Waals surface area contributed by atoms with Crippen LogP contribution in [-0.4, -0.2) is 16.7 Å². The molecule has 2 aromatic rings. The molecule has 1 amide bonds. The van der Waals surface area contributed by atoms with Gasteiger partial charge in [-0.1, -0.05) is 23.2 Å². The lowest BCUT2D eigenvalue weighted by Crippen LogP contribution is -2.70. The molecule has 4 rings (SSSR count). The van der Waals surface area contributed by atoms with E-state index in [9.17, 15) is 4.79 Å². The summed E-state index contributed by atoms with van der Waals surface area (Å²) in [6.45, 7) is 1.82. The number of carbonyl (C=O) groups excluding carboxylic acids is 1. The number of benzene rings is 2. The van der Waals surface area contributed by atoms with Crippen molar-refractivity contribution in [2.75, 3.05) is 5.32 Å². The summed E-state index contributed by atoms with van der Waals surface area (Å²) in [5.41, 5.74) is 0.472. The molecular formula is C18H15Cl2N3O2S. The Hall–Kier alpha value is -2.02. The second-order valence-corrected chi connectivity index (χ2v) is 7.72. The molecule has 2 bridgehead atoms. The molecule has 134 valence electrons. The highest BCUT2D eigenvalue weighted by Gasteiger charge is 2.54. The van der Waals surface area contributed by atoms with E-state index in [1.54, 1.807) is 42.5 Å². The second kappa shape index (κ2) is 6.30. The minimum Gasteiger partial charge on any atom is -0.467 e. The molecule has 2 aliphatic heterocycles. The lowest BCUT2D eigenvalue weighted by molar-refractivity contribution is -0.132. The summed E-state index contributed by atoms with van der Waals surface area (Å²) in [6, 6.07) is 11.9. The van der Waals surface area contributed by atoms with Gasteiger partial charge in [0.1, 0.15) is 11.7 Å². The molecule has 0 aliphatic carbocycles. The number of nitrogens with one attached hydrogen (secondary N) is 3. The maximum atomic E-state index is 13.1. The van der Waals surface area contributed by atoms with Crippen LogP contribution in [0.15, 0.2) is 42.5 Å². The van der Waals surface area contributed by atoms with Crippen LogP contribution in [0.4, 0.5) is 5.69 Å². The third kappa shape index (κ3) is 2.98. The van der Waals surface area contributed by atoms with Crippen LogP contribution in [0.3, 0.4) is 0 Å². The Morgan fingerprint density at radius 2 is 1.88 bits per heavy atom. The van der Waals surface area contributed by atoms with E-state index in [4.69, 9.17) is 40.2 Å². The van der Waals surface area contributed by atoms with Crippen molar-refractivity contribution in [3.8, 4) is 5.75 Å². The molecule has 0 unspecified atom stereocenters. The molecule has 0 saturated carbocycles. The van der Waals surface area contributed by atoms with Crippen molar-refractivity contribution in [2.45, 2.75) is 18.7 Å². The van der Waals surface area contributed by atoms with Crippen molar-refractivity contribution in [2.24, 2.45) is 5.92 Å². The number of amides is 1. The number of hydrogen-bond donors (Lipinski definition) is 3. The molecule has 3 N–H and O–H groups in total. The molecular weight excluding hydrogens is 393 g/mol. The van der Waals surface area contributed by atoms with E-state index < -0.39 is 11.6 Å². The highest BCUT2D eigenvalue weighted by molar-refractivity contribution is 7.80. The first-order valence-corrected chi connectivity index (χ1v) is 9.16. The van der Waals surface area contributed by atoms with E-state index in [2.05, 4.69) is 16.0 Å². The Morgan fingerprint density at radius 3 is 2.62 bits per heavy atom. The van der Waals surface area contributed by atoms with Crippen LogP contribution in [0.25, 0.3) is 0 Å². The van der Waals surface area contributed by atoms with Crippen molar-refractivity contribution < 1.29 is 9.53 Å². The zero-order valence-corrected chi connectivity index (χ0v) is 16.0. The summed E-state index contributed by atoms with van der Waals surface area (Å²) in [5.74, 6) is -0.108. The van der Waals surface area contributed by atoms with Gasteiger partial charge in [-0.25, -0.2) is 0 Å². The fourth-order valence-corrected chi connectivity index (χ4v) is 4.10. The van der Waals surface area contributed by atoms with Gasteiger partial charge in [-0.2, -0.15) is 0 Å². The smallest absolute Gasteiger partial charge is 0.236 e. The zero-order valence-electron chi connectivity index (χ0n) is 13.7. The Balaban J connectivity index is 1.71. The molecule has 2 aromatic carbocycles. The van der Waals surface area contributed by atoms with Crippen molar-refractivity contribution in [1.82, 2.24) is 10.6 Å². The molecule has 1 fully saturated rings. The largest absolute Gasteiger partial charge is 0.467 e. The number of rotatable bonds is 2. The minimum atomic E-state index is -0.982. The predicted molar refractivity (Wildman–Crippen MR) is 106 cm³/mol. The summed E-state index contributed by atoms with van der Waals surface area (Å²) < 4.78 is 6.13. The predicted octanol–water partition coefficient (Wildman–Crippen LogP) is 3.88. The number of hydrogen-bond acceptors (Lipinski definition) is 3. The number of anilines is 1. The molecule has 0 spiro atoms. The molecule has 2 aliphatic rings. The quantitative estimate of drug-likeness (QED) is 0.659. The number of halogens is 2. The van der Waals surface area contributed by atoms with Gasteiger partial charge in [0.05, 0.1) is 6.04 Å². The zero-order chi connectivity index (χ0) is 18.5. The molecule has 2 heterocycles. The molecule has 0 aromatic heterocycles. The topological polar surface area (TPSA) is 62.4 Å². The van der Waals surface area contributed by atoms with Gasteiger partial charge in [-0.15, -0.1) is 0 Å². The van der Waals surface area contributed by atoms with Crippen LogP contribution >= 0.6 is 35.4 Å². The standard InChI is InChI=1S/C18H15Cl2N3O2S/c1-18-14(16(24)21-11-5-2-9(19)3-6-11)15(22-17(26)23-18)12-8-10(20)4-7-13(12)25-18/h2-8,14-15H,1H3,(H,21,24)(H2,22,23,26)/t14-,15-,18-/m1/s1. The highest BCUT2D eigenvalue weighted by Crippen LogP contribution is 2.45. The van der Waals surface area contributed by atoms with Gasteiger partial charge in [0.15, 0.2) is 10.8 Å². The van der Waals surface area contributed by atoms with Crippen LogP contribution in [0.2, 0.25) is 10.0 Å². The number of ether oxygens (including phenoxy) is 1. The first-order chi connectivity index (χ1) is 12.4. The Kier molecular flexibility index (Phi) is 4.22. The number of thiocarbonyl (C=S) groups is 1. The van der Waals surface area contributed by atoms with Gasteiger partial charge in [-0.3, -0.25) is 4.79 Å². The maximum absolute atomic E-state index is 13.1. The van der Waals surface area contributed by atoms with E-state index in [-0.39, 0.29) is 11.9 Å². The third-order valence-corrected chi connectivity index (χ3v) is 5.31. The van der Waals surface area contributed by atoms with Gasteiger partial charge < -0.3 is 20.7 Å². The minimum absolute atomic E-state index is 0.201. The lowest BCUT2D eigenvalue weighted by atomic mass is 9.80. The van der Waals surface area contributed by atoms with Gasteiger partial charge in [0.2, 0.25) is 5.91 Å². The van der Waals surface area contributed by atoms with Gasteiger partial charge in [-0.05, 0) is 61.6 Å². The monoisotopic (exact) mass is 407 g/mol. The summed E-state index contributed by atoms with van der Waals surface area (Å²) in [6.07, 6.45) is 0. The maximum Gasteiger partial charge on any atom is 0.236 e. The molecule has 1 saturated heterocycles. The van der Waals surface area contributed by atoms with E-state index in [1.165, 1.54) is 0 Å². The Labute approximate surface area is 166 Å². The average molecular weight is 408 g/mol. The van der Waals surface area contributed by atoms with Gasteiger partial charge in [0.25, 0.3) is 0 Å². The lowest BCUT2D eigenvalue weighted by Gasteiger charge is -2.50. The summed E-state index contributed by atoms with van der Waals surface area (Å²) in [5, 5.41) is 10.8.